The maximum absolute atomic E-state index is 12.5. The Bertz CT molecular complexity index is 874. The molecule has 0 spiro atoms. The molecule has 0 aliphatic heterocycles. The summed E-state index contributed by atoms with van der Waals surface area (Å²) in [4.78, 5) is 12.1. The van der Waals surface area contributed by atoms with Gasteiger partial charge in [0.1, 0.15) is 5.75 Å². The van der Waals surface area contributed by atoms with Crippen molar-refractivity contribution in [2.75, 3.05) is 11.1 Å². The van der Waals surface area contributed by atoms with Crippen LogP contribution >= 0.6 is 0 Å². The van der Waals surface area contributed by atoms with Crippen LogP contribution in [0.5, 0.6) is 5.75 Å². The van der Waals surface area contributed by atoms with E-state index in [4.69, 9.17) is 10.5 Å². The number of carbonyl (C=O) groups is 1. The Hall–Kier alpha value is -2.58. The SMILES string of the molecule is Nc1ccc(OC(=O)Nc2ccc(S(=O)(=O)NC3CCCCC3)cc2)cc1. The quantitative estimate of drug-likeness (QED) is 0.678. The Morgan fingerprint density at radius 3 is 2.22 bits per heavy atom. The lowest BCUT2D eigenvalue weighted by atomic mass is 9.96. The zero-order valence-electron chi connectivity index (χ0n) is 14.9. The monoisotopic (exact) mass is 389 g/mol. The van der Waals surface area contributed by atoms with Gasteiger partial charge in [0.05, 0.1) is 4.90 Å². The largest absolute Gasteiger partial charge is 0.417 e. The van der Waals surface area contributed by atoms with Crippen molar-refractivity contribution in [3.8, 4) is 5.75 Å². The molecule has 0 bridgehead atoms. The van der Waals surface area contributed by atoms with Gasteiger partial charge in [-0.3, -0.25) is 5.32 Å². The predicted molar refractivity (Wildman–Crippen MR) is 104 cm³/mol. The van der Waals surface area contributed by atoms with Gasteiger partial charge < -0.3 is 10.5 Å². The molecule has 0 saturated heterocycles. The molecule has 1 fully saturated rings. The van der Waals surface area contributed by atoms with E-state index in [1.807, 2.05) is 0 Å². The second-order valence-electron chi connectivity index (χ2n) is 6.56. The zero-order chi connectivity index (χ0) is 19.3. The number of rotatable bonds is 5. The van der Waals surface area contributed by atoms with Crippen LogP contribution in [0.25, 0.3) is 0 Å². The topological polar surface area (TPSA) is 111 Å². The van der Waals surface area contributed by atoms with E-state index in [0.29, 0.717) is 17.1 Å². The Morgan fingerprint density at radius 2 is 1.59 bits per heavy atom. The van der Waals surface area contributed by atoms with Gasteiger partial charge in [0.15, 0.2) is 0 Å². The van der Waals surface area contributed by atoms with Gasteiger partial charge in [-0.15, -0.1) is 0 Å². The molecule has 2 aromatic rings. The van der Waals surface area contributed by atoms with Crippen molar-refractivity contribution in [2.45, 2.75) is 43.0 Å². The minimum Gasteiger partial charge on any atom is -0.410 e. The van der Waals surface area contributed by atoms with Gasteiger partial charge in [0.2, 0.25) is 10.0 Å². The molecule has 8 heteroatoms. The number of nitrogens with one attached hydrogen (secondary N) is 2. The summed E-state index contributed by atoms with van der Waals surface area (Å²) in [7, 11) is -3.56. The van der Waals surface area contributed by atoms with E-state index in [-0.39, 0.29) is 10.9 Å². The van der Waals surface area contributed by atoms with Crippen LogP contribution in [0.4, 0.5) is 16.2 Å². The van der Waals surface area contributed by atoms with Gasteiger partial charge in [-0.1, -0.05) is 19.3 Å². The molecule has 0 radical (unpaired) electrons. The Morgan fingerprint density at radius 1 is 0.963 bits per heavy atom. The number of amides is 1. The van der Waals surface area contributed by atoms with Crippen LogP contribution in [0.1, 0.15) is 32.1 Å². The highest BCUT2D eigenvalue weighted by Gasteiger charge is 2.21. The summed E-state index contributed by atoms with van der Waals surface area (Å²) in [5.41, 5.74) is 6.59. The summed E-state index contributed by atoms with van der Waals surface area (Å²) in [5.74, 6) is 0.359. The van der Waals surface area contributed by atoms with Crippen LogP contribution in [-0.2, 0) is 10.0 Å². The Balaban J connectivity index is 1.59. The number of hydrogen-bond donors (Lipinski definition) is 3. The van der Waals surface area contributed by atoms with Crippen molar-refractivity contribution in [1.29, 1.82) is 0 Å². The molecule has 144 valence electrons. The van der Waals surface area contributed by atoms with E-state index < -0.39 is 16.1 Å². The molecule has 7 nitrogen and oxygen atoms in total. The summed E-state index contributed by atoms with van der Waals surface area (Å²) in [6.45, 7) is 0. The second kappa shape index (κ2) is 8.41. The highest BCUT2D eigenvalue weighted by Crippen LogP contribution is 2.21. The maximum Gasteiger partial charge on any atom is 0.417 e. The molecule has 0 unspecified atom stereocenters. The number of anilines is 2. The van der Waals surface area contributed by atoms with Crippen molar-refractivity contribution in [3.63, 3.8) is 0 Å². The number of carbonyl (C=O) groups excluding carboxylic acids is 1. The molecule has 1 aliphatic rings. The minimum atomic E-state index is -3.56. The van der Waals surface area contributed by atoms with E-state index in [0.717, 1.165) is 32.1 Å². The van der Waals surface area contributed by atoms with Crippen LogP contribution in [0.2, 0.25) is 0 Å². The smallest absolute Gasteiger partial charge is 0.410 e. The molecule has 4 N–H and O–H groups in total. The van der Waals surface area contributed by atoms with Gasteiger partial charge in [0.25, 0.3) is 0 Å². The third-order valence-electron chi connectivity index (χ3n) is 4.43. The number of benzene rings is 2. The normalized spacial score (nSPS) is 15.3. The van der Waals surface area contributed by atoms with E-state index in [9.17, 15) is 13.2 Å². The molecule has 0 atom stereocenters. The van der Waals surface area contributed by atoms with E-state index in [1.54, 1.807) is 24.3 Å². The van der Waals surface area contributed by atoms with Gasteiger partial charge in [-0.05, 0) is 61.4 Å². The first-order valence-electron chi connectivity index (χ1n) is 8.89. The lowest BCUT2D eigenvalue weighted by Gasteiger charge is -2.22. The van der Waals surface area contributed by atoms with Crippen LogP contribution < -0.4 is 20.5 Å². The molecule has 27 heavy (non-hydrogen) atoms. The van der Waals surface area contributed by atoms with Gasteiger partial charge in [-0.2, -0.15) is 0 Å². The minimum absolute atomic E-state index is 0.00330. The van der Waals surface area contributed by atoms with Crippen molar-refractivity contribution in [3.05, 3.63) is 48.5 Å². The van der Waals surface area contributed by atoms with Crippen LogP contribution in [-0.4, -0.2) is 20.6 Å². The number of hydrogen-bond acceptors (Lipinski definition) is 5. The molecule has 1 saturated carbocycles. The highest BCUT2D eigenvalue weighted by atomic mass is 32.2. The van der Waals surface area contributed by atoms with Gasteiger partial charge in [0, 0.05) is 17.4 Å². The zero-order valence-corrected chi connectivity index (χ0v) is 15.7. The highest BCUT2D eigenvalue weighted by molar-refractivity contribution is 7.89. The summed E-state index contributed by atoms with van der Waals surface area (Å²) in [6.07, 6.45) is 4.32. The second-order valence-corrected chi connectivity index (χ2v) is 8.28. The fourth-order valence-electron chi connectivity index (χ4n) is 3.01. The number of nitrogens with two attached hydrogens (primary N) is 1. The van der Waals surface area contributed by atoms with Gasteiger partial charge in [-0.25, -0.2) is 17.9 Å². The third-order valence-corrected chi connectivity index (χ3v) is 5.97. The summed E-state index contributed by atoms with van der Waals surface area (Å²) >= 11 is 0. The Kier molecular flexibility index (Phi) is 5.98. The average Bonchev–Trinajstić information content (AvgIpc) is 2.64. The van der Waals surface area contributed by atoms with Crippen molar-refractivity contribution in [2.24, 2.45) is 0 Å². The fourth-order valence-corrected chi connectivity index (χ4v) is 4.32. The Labute approximate surface area is 159 Å². The summed E-state index contributed by atoms with van der Waals surface area (Å²) < 4.78 is 32.8. The predicted octanol–water partition coefficient (Wildman–Crippen LogP) is 3.49. The fraction of sp³-hybridized carbons (Fsp3) is 0.316. The molecule has 1 aliphatic carbocycles. The lowest BCUT2D eigenvalue weighted by Crippen LogP contribution is -2.36. The number of sulfonamides is 1. The molecule has 2 aromatic carbocycles. The van der Waals surface area contributed by atoms with Gasteiger partial charge >= 0.3 is 6.09 Å². The number of ether oxygens (including phenoxy) is 1. The lowest BCUT2D eigenvalue weighted by molar-refractivity contribution is 0.215. The van der Waals surface area contributed by atoms with Crippen molar-refractivity contribution >= 4 is 27.5 Å². The average molecular weight is 389 g/mol. The molecule has 3 rings (SSSR count). The molecule has 1 amide bonds. The van der Waals surface area contributed by atoms with Crippen LogP contribution in [0.15, 0.2) is 53.4 Å². The van der Waals surface area contributed by atoms with E-state index >= 15 is 0 Å². The molecular formula is C19H23N3O4S. The van der Waals surface area contributed by atoms with E-state index in [2.05, 4.69) is 10.0 Å². The third kappa shape index (κ3) is 5.45. The maximum atomic E-state index is 12.5. The summed E-state index contributed by atoms with van der Waals surface area (Å²) in [5, 5.41) is 2.56. The molecular weight excluding hydrogens is 366 g/mol. The van der Waals surface area contributed by atoms with Crippen molar-refractivity contribution in [1.82, 2.24) is 4.72 Å². The molecule has 0 aromatic heterocycles. The first kappa shape index (κ1) is 19.2. The first-order valence-corrected chi connectivity index (χ1v) is 10.4. The standard InChI is InChI=1S/C19H23N3O4S/c20-14-6-10-17(11-7-14)26-19(23)21-15-8-12-18(13-9-15)27(24,25)22-16-4-2-1-3-5-16/h6-13,16,22H,1-5,20H2,(H,21,23). The van der Waals surface area contributed by atoms with Crippen LogP contribution in [0.3, 0.4) is 0 Å². The molecule has 0 heterocycles. The van der Waals surface area contributed by atoms with Crippen molar-refractivity contribution < 1.29 is 17.9 Å². The summed E-state index contributed by atoms with van der Waals surface area (Å²) in [6, 6.07) is 12.4. The first-order chi connectivity index (χ1) is 12.9. The van der Waals surface area contributed by atoms with E-state index in [1.165, 1.54) is 24.3 Å². The van der Waals surface area contributed by atoms with Crippen LogP contribution in [0, 0.1) is 0 Å². The number of nitrogen functional groups attached to an aromatic ring is 1.